The summed E-state index contributed by atoms with van der Waals surface area (Å²) in [6.45, 7) is 6.40. The standard InChI is InChI=1S/C18H29N3O7S2/c1-18(2,3)17-19-15(28-20-17)11-30(25,26)12-16(22)21(9-14-5-4-7-27-14)13-6-8-29(23,24)10-13/h13-14H,4-12H2,1-3H3. The lowest BCUT2D eigenvalue weighted by atomic mass is 9.96. The van der Waals surface area contributed by atoms with Crippen LogP contribution < -0.4 is 0 Å². The van der Waals surface area contributed by atoms with Gasteiger partial charge in [0.05, 0.1) is 17.6 Å². The minimum absolute atomic E-state index is 0.00269. The number of sulfone groups is 2. The first kappa shape index (κ1) is 23.1. The Balaban J connectivity index is 1.71. The third-order valence-corrected chi connectivity index (χ3v) is 8.34. The van der Waals surface area contributed by atoms with Crippen molar-refractivity contribution < 1.29 is 30.9 Å². The van der Waals surface area contributed by atoms with E-state index in [0.717, 1.165) is 12.8 Å². The number of amides is 1. The minimum atomic E-state index is -3.88. The Morgan fingerprint density at radius 2 is 2.00 bits per heavy atom. The number of carbonyl (C=O) groups excluding carboxylic acids is 1. The molecule has 30 heavy (non-hydrogen) atoms. The molecule has 0 N–H and O–H groups in total. The van der Waals surface area contributed by atoms with Crippen molar-refractivity contribution in [3.8, 4) is 0 Å². The van der Waals surface area contributed by atoms with E-state index >= 15 is 0 Å². The van der Waals surface area contributed by atoms with Gasteiger partial charge < -0.3 is 14.2 Å². The maximum atomic E-state index is 12.9. The van der Waals surface area contributed by atoms with E-state index < -0.39 is 48.5 Å². The maximum absolute atomic E-state index is 12.9. The monoisotopic (exact) mass is 463 g/mol. The van der Waals surface area contributed by atoms with Crippen molar-refractivity contribution in [2.75, 3.05) is 30.4 Å². The summed E-state index contributed by atoms with van der Waals surface area (Å²) in [5, 5.41) is 3.80. The van der Waals surface area contributed by atoms with E-state index in [1.165, 1.54) is 4.90 Å². The number of hydrogen-bond donors (Lipinski definition) is 0. The zero-order chi connectivity index (χ0) is 22.2. The van der Waals surface area contributed by atoms with Gasteiger partial charge in [0.1, 0.15) is 11.5 Å². The Morgan fingerprint density at radius 1 is 1.27 bits per heavy atom. The molecular weight excluding hydrogens is 434 g/mol. The molecule has 2 aliphatic heterocycles. The van der Waals surface area contributed by atoms with E-state index in [4.69, 9.17) is 9.26 Å². The second kappa shape index (κ2) is 8.54. The van der Waals surface area contributed by atoms with Crippen LogP contribution in [0.15, 0.2) is 4.52 Å². The Labute approximate surface area is 177 Å². The minimum Gasteiger partial charge on any atom is -0.376 e. The summed E-state index contributed by atoms with van der Waals surface area (Å²) in [5.74, 6) is -1.75. The summed E-state index contributed by atoms with van der Waals surface area (Å²) < 4.78 is 59.7. The summed E-state index contributed by atoms with van der Waals surface area (Å²) in [5.41, 5.74) is -0.395. The average Bonchev–Trinajstić information content (AvgIpc) is 3.32. The van der Waals surface area contributed by atoms with Crippen molar-refractivity contribution in [2.24, 2.45) is 0 Å². The lowest BCUT2D eigenvalue weighted by Gasteiger charge is -2.30. The molecule has 3 heterocycles. The Kier molecular flexibility index (Phi) is 6.59. The molecule has 0 radical (unpaired) electrons. The number of nitrogens with zero attached hydrogens (tertiary/aromatic N) is 3. The molecule has 2 atom stereocenters. The van der Waals surface area contributed by atoms with Crippen molar-refractivity contribution in [2.45, 2.75) is 63.3 Å². The molecule has 0 spiro atoms. The molecule has 0 aliphatic carbocycles. The van der Waals surface area contributed by atoms with E-state index in [1.807, 2.05) is 20.8 Å². The highest BCUT2D eigenvalue weighted by Crippen LogP contribution is 2.23. The molecule has 1 aromatic heterocycles. The van der Waals surface area contributed by atoms with Gasteiger partial charge in [-0.1, -0.05) is 25.9 Å². The predicted octanol–water partition coefficient (Wildman–Crippen LogP) is 0.477. The summed E-state index contributed by atoms with van der Waals surface area (Å²) >= 11 is 0. The zero-order valence-corrected chi connectivity index (χ0v) is 19.2. The number of ether oxygens (including phenoxy) is 1. The molecule has 0 aromatic carbocycles. The summed E-state index contributed by atoms with van der Waals surface area (Å²) in [7, 11) is -7.11. The van der Waals surface area contributed by atoms with Crippen LogP contribution >= 0.6 is 0 Å². The number of hydrogen-bond acceptors (Lipinski definition) is 9. The highest BCUT2D eigenvalue weighted by molar-refractivity contribution is 7.91. The first-order valence-corrected chi connectivity index (χ1v) is 13.6. The van der Waals surface area contributed by atoms with E-state index in [1.54, 1.807) is 0 Å². The van der Waals surface area contributed by atoms with Crippen LogP contribution in [0.3, 0.4) is 0 Å². The molecule has 12 heteroatoms. The van der Waals surface area contributed by atoms with Crippen LogP contribution in [0.4, 0.5) is 0 Å². The van der Waals surface area contributed by atoms with Gasteiger partial charge in [-0.25, -0.2) is 16.8 Å². The van der Waals surface area contributed by atoms with Gasteiger partial charge in [0, 0.05) is 24.6 Å². The molecule has 3 rings (SSSR count). The molecule has 2 fully saturated rings. The molecule has 0 saturated carbocycles. The van der Waals surface area contributed by atoms with Crippen LogP contribution in [0.2, 0.25) is 0 Å². The summed E-state index contributed by atoms with van der Waals surface area (Å²) in [6, 6.07) is -0.530. The largest absolute Gasteiger partial charge is 0.376 e. The van der Waals surface area contributed by atoms with Gasteiger partial charge in [-0.05, 0) is 19.3 Å². The molecule has 2 unspecified atom stereocenters. The van der Waals surface area contributed by atoms with E-state index in [2.05, 4.69) is 10.1 Å². The highest BCUT2D eigenvalue weighted by Gasteiger charge is 2.38. The lowest BCUT2D eigenvalue weighted by molar-refractivity contribution is -0.132. The first-order valence-electron chi connectivity index (χ1n) is 10.00. The topological polar surface area (TPSA) is 137 Å². The summed E-state index contributed by atoms with van der Waals surface area (Å²) in [6.07, 6.45) is 1.72. The van der Waals surface area contributed by atoms with Gasteiger partial charge in [-0.2, -0.15) is 4.98 Å². The third-order valence-electron chi connectivity index (χ3n) is 5.22. The Morgan fingerprint density at radius 3 is 2.53 bits per heavy atom. The van der Waals surface area contributed by atoms with Crippen LogP contribution in [-0.4, -0.2) is 80.3 Å². The fourth-order valence-electron chi connectivity index (χ4n) is 3.61. The van der Waals surface area contributed by atoms with Crippen LogP contribution in [0.25, 0.3) is 0 Å². The quantitative estimate of drug-likeness (QED) is 0.565. The fourth-order valence-corrected chi connectivity index (χ4v) is 6.48. The van der Waals surface area contributed by atoms with Gasteiger partial charge in [0.25, 0.3) is 0 Å². The molecular formula is C18H29N3O7S2. The molecule has 0 bridgehead atoms. The third kappa shape index (κ3) is 6.01. The van der Waals surface area contributed by atoms with Crippen molar-refractivity contribution in [3.63, 3.8) is 0 Å². The zero-order valence-electron chi connectivity index (χ0n) is 17.5. The van der Waals surface area contributed by atoms with Gasteiger partial charge in [-0.15, -0.1) is 0 Å². The molecule has 10 nitrogen and oxygen atoms in total. The first-order chi connectivity index (χ1) is 13.8. The van der Waals surface area contributed by atoms with Crippen molar-refractivity contribution in [3.05, 3.63) is 11.7 Å². The highest BCUT2D eigenvalue weighted by atomic mass is 32.2. The van der Waals surface area contributed by atoms with Gasteiger partial charge >= 0.3 is 0 Å². The Bertz CT molecular complexity index is 974. The molecule has 2 aliphatic rings. The normalized spacial score (nSPS) is 24.2. The predicted molar refractivity (Wildman–Crippen MR) is 108 cm³/mol. The molecule has 170 valence electrons. The smallest absolute Gasteiger partial charge is 0.241 e. The number of carbonyl (C=O) groups is 1. The van der Waals surface area contributed by atoms with Crippen LogP contribution in [0.5, 0.6) is 0 Å². The lowest BCUT2D eigenvalue weighted by Crippen LogP contribution is -2.47. The molecule has 1 amide bonds. The fraction of sp³-hybridized carbons (Fsp3) is 0.833. The van der Waals surface area contributed by atoms with E-state index in [-0.39, 0.29) is 30.0 Å². The summed E-state index contributed by atoms with van der Waals surface area (Å²) in [4.78, 5) is 18.4. The van der Waals surface area contributed by atoms with Gasteiger partial charge in [-0.3, -0.25) is 4.79 Å². The van der Waals surface area contributed by atoms with Crippen LogP contribution in [0.1, 0.15) is 51.7 Å². The van der Waals surface area contributed by atoms with Crippen LogP contribution in [0, 0.1) is 0 Å². The average molecular weight is 464 g/mol. The van der Waals surface area contributed by atoms with Gasteiger partial charge in [0.2, 0.25) is 11.8 Å². The van der Waals surface area contributed by atoms with Crippen LogP contribution in [-0.2, 0) is 40.4 Å². The van der Waals surface area contributed by atoms with Crippen molar-refractivity contribution in [1.29, 1.82) is 0 Å². The van der Waals surface area contributed by atoms with Crippen molar-refractivity contribution in [1.82, 2.24) is 15.0 Å². The second-order valence-corrected chi connectivity index (χ2v) is 13.3. The van der Waals surface area contributed by atoms with E-state index in [9.17, 15) is 21.6 Å². The van der Waals surface area contributed by atoms with Gasteiger partial charge in [0.15, 0.2) is 25.5 Å². The maximum Gasteiger partial charge on any atom is 0.241 e. The molecule has 2 saturated heterocycles. The molecule has 1 aromatic rings. The SMILES string of the molecule is CC(C)(C)c1noc(CS(=O)(=O)CC(=O)N(CC2CCCO2)C2CCS(=O)(=O)C2)n1. The number of aromatic nitrogens is 2. The Hall–Kier alpha value is -1.53. The second-order valence-electron chi connectivity index (χ2n) is 9.03. The van der Waals surface area contributed by atoms with Crippen molar-refractivity contribution >= 4 is 25.6 Å². The van der Waals surface area contributed by atoms with E-state index in [0.29, 0.717) is 18.9 Å². The number of rotatable bonds is 7.